The summed E-state index contributed by atoms with van der Waals surface area (Å²) in [5.74, 6) is 1.01. The Hall–Kier alpha value is -0.0800. The topological polar surface area (TPSA) is 12.5 Å². The lowest BCUT2D eigenvalue weighted by molar-refractivity contribution is -0.0208. The monoisotopic (exact) mass is 267 g/mol. The Balaban J connectivity index is 1.56. The molecular weight excluding hydrogens is 234 g/mol. The third-order valence-electron chi connectivity index (χ3n) is 5.11. The SMILES string of the molecule is CCCN1CCC2(CC1)CC(CCCOC(C)C)C2. The number of rotatable bonds is 7. The van der Waals surface area contributed by atoms with Crippen LogP contribution in [-0.2, 0) is 4.74 Å². The van der Waals surface area contributed by atoms with Gasteiger partial charge in [0.05, 0.1) is 6.10 Å². The maximum absolute atomic E-state index is 5.63. The number of nitrogens with zero attached hydrogens (tertiary/aromatic N) is 1. The molecule has 2 heteroatoms. The van der Waals surface area contributed by atoms with Gasteiger partial charge in [0.1, 0.15) is 0 Å². The summed E-state index contributed by atoms with van der Waals surface area (Å²) in [4.78, 5) is 2.66. The van der Waals surface area contributed by atoms with Crippen molar-refractivity contribution in [2.75, 3.05) is 26.2 Å². The van der Waals surface area contributed by atoms with Gasteiger partial charge >= 0.3 is 0 Å². The highest BCUT2D eigenvalue weighted by Crippen LogP contribution is 2.53. The molecule has 0 unspecified atom stereocenters. The lowest BCUT2D eigenvalue weighted by atomic mass is 9.56. The van der Waals surface area contributed by atoms with Gasteiger partial charge < -0.3 is 9.64 Å². The Bertz CT molecular complexity index is 248. The number of ether oxygens (including phenoxy) is 1. The fourth-order valence-electron chi connectivity index (χ4n) is 4.04. The summed E-state index contributed by atoms with van der Waals surface area (Å²) < 4.78 is 5.63. The third-order valence-corrected chi connectivity index (χ3v) is 5.11. The molecule has 2 fully saturated rings. The zero-order chi connectivity index (χ0) is 13.7. The molecule has 1 saturated heterocycles. The highest BCUT2D eigenvalue weighted by molar-refractivity contribution is 4.96. The van der Waals surface area contributed by atoms with Crippen LogP contribution < -0.4 is 0 Å². The first kappa shape index (κ1) is 15.3. The van der Waals surface area contributed by atoms with E-state index in [0.717, 1.165) is 17.9 Å². The molecule has 1 saturated carbocycles. The van der Waals surface area contributed by atoms with E-state index in [4.69, 9.17) is 4.74 Å². The molecule has 0 N–H and O–H groups in total. The van der Waals surface area contributed by atoms with Crippen LogP contribution in [0.15, 0.2) is 0 Å². The van der Waals surface area contributed by atoms with E-state index in [9.17, 15) is 0 Å². The number of likely N-dealkylation sites (tertiary alicyclic amines) is 1. The molecule has 1 spiro atoms. The van der Waals surface area contributed by atoms with Crippen molar-refractivity contribution in [3.63, 3.8) is 0 Å². The average Bonchev–Trinajstić information content (AvgIpc) is 2.34. The van der Waals surface area contributed by atoms with E-state index in [2.05, 4.69) is 25.7 Å². The van der Waals surface area contributed by atoms with Gasteiger partial charge in [-0.15, -0.1) is 0 Å². The number of piperidine rings is 1. The minimum Gasteiger partial charge on any atom is -0.379 e. The van der Waals surface area contributed by atoms with E-state index < -0.39 is 0 Å². The summed E-state index contributed by atoms with van der Waals surface area (Å²) in [7, 11) is 0. The van der Waals surface area contributed by atoms with Crippen LogP contribution in [0.1, 0.15) is 65.7 Å². The number of hydrogen-bond acceptors (Lipinski definition) is 2. The molecule has 0 bridgehead atoms. The van der Waals surface area contributed by atoms with Gasteiger partial charge in [0.25, 0.3) is 0 Å². The molecule has 2 nitrogen and oxygen atoms in total. The third kappa shape index (κ3) is 4.46. The lowest BCUT2D eigenvalue weighted by Gasteiger charge is -2.52. The molecule has 0 aromatic heterocycles. The summed E-state index contributed by atoms with van der Waals surface area (Å²) in [6, 6.07) is 0. The van der Waals surface area contributed by atoms with Gasteiger partial charge in [0, 0.05) is 6.61 Å². The van der Waals surface area contributed by atoms with Crippen LogP contribution in [0.25, 0.3) is 0 Å². The standard InChI is InChI=1S/C17H33NO/c1-4-9-18-10-7-17(8-11-18)13-16(14-17)6-5-12-19-15(2)3/h15-16H,4-14H2,1-3H3. The van der Waals surface area contributed by atoms with E-state index in [1.54, 1.807) is 0 Å². The van der Waals surface area contributed by atoms with Crippen LogP contribution >= 0.6 is 0 Å². The molecule has 2 rings (SSSR count). The zero-order valence-electron chi connectivity index (χ0n) is 13.3. The fraction of sp³-hybridized carbons (Fsp3) is 1.00. The number of hydrogen-bond donors (Lipinski definition) is 0. The first-order valence-electron chi connectivity index (χ1n) is 8.47. The molecule has 0 amide bonds. The van der Waals surface area contributed by atoms with Crippen LogP contribution in [0.4, 0.5) is 0 Å². The van der Waals surface area contributed by atoms with Gasteiger partial charge in [-0.25, -0.2) is 0 Å². The van der Waals surface area contributed by atoms with E-state index >= 15 is 0 Å². The van der Waals surface area contributed by atoms with Gasteiger partial charge in [0.2, 0.25) is 0 Å². The zero-order valence-corrected chi connectivity index (χ0v) is 13.3. The van der Waals surface area contributed by atoms with E-state index in [1.165, 1.54) is 64.6 Å². The molecule has 1 heterocycles. The summed E-state index contributed by atoms with van der Waals surface area (Å²) in [6.07, 6.45) is 10.3. The molecule has 1 aliphatic heterocycles. The van der Waals surface area contributed by atoms with Crippen LogP contribution in [0.3, 0.4) is 0 Å². The average molecular weight is 267 g/mol. The van der Waals surface area contributed by atoms with Crippen LogP contribution in [0, 0.1) is 11.3 Å². The molecule has 1 aliphatic carbocycles. The van der Waals surface area contributed by atoms with Crippen molar-refractivity contribution in [1.29, 1.82) is 0 Å². The largest absolute Gasteiger partial charge is 0.379 e. The smallest absolute Gasteiger partial charge is 0.0518 e. The summed E-state index contributed by atoms with van der Waals surface area (Å²) in [6.45, 7) is 11.5. The maximum atomic E-state index is 5.63. The van der Waals surface area contributed by atoms with Gasteiger partial charge in [-0.1, -0.05) is 6.92 Å². The Morgan fingerprint density at radius 1 is 1.21 bits per heavy atom. The predicted molar refractivity (Wildman–Crippen MR) is 81.4 cm³/mol. The minimum atomic E-state index is 0.399. The molecule has 0 radical (unpaired) electrons. The molecule has 0 aromatic carbocycles. The highest BCUT2D eigenvalue weighted by Gasteiger charge is 2.44. The Morgan fingerprint density at radius 3 is 2.47 bits per heavy atom. The minimum absolute atomic E-state index is 0.399. The van der Waals surface area contributed by atoms with Gasteiger partial charge in [-0.2, -0.15) is 0 Å². The van der Waals surface area contributed by atoms with Crippen molar-refractivity contribution in [1.82, 2.24) is 4.90 Å². The summed E-state index contributed by atoms with van der Waals surface area (Å²) >= 11 is 0. The van der Waals surface area contributed by atoms with Crippen LogP contribution in [0.5, 0.6) is 0 Å². The maximum Gasteiger partial charge on any atom is 0.0518 e. The normalized spacial score (nSPS) is 24.0. The van der Waals surface area contributed by atoms with Gasteiger partial charge in [0.15, 0.2) is 0 Å². The van der Waals surface area contributed by atoms with E-state index in [0.29, 0.717) is 6.10 Å². The first-order chi connectivity index (χ1) is 9.13. The molecule has 0 atom stereocenters. The van der Waals surface area contributed by atoms with Crippen LogP contribution in [0.2, 0.25) is 0 Å². The summed E-state index contributed by atoms with van der Waals surface area (Å²) in [5.41, 5.74) is 0.758. The van der Waals surface area contributed by atoms with Crippen molar-refractivity contribution >= 4 is 0 Å². The second-order valence-electron chi connectivity index (χ2n) is 7.18. The Kier molecular flexibility index (Phi) is 5.70. The lowest BCUT2D eigenvalue weighted by Crippen LogP contribution is -2.47. The van der Waals surface area contributed by atoms with E-state index in [1.807, 2.05) is 0 Å². The molecule has 112 valence electrons. The van der Waals surface area contributed by atoms with Crippen LogP contribution in [-0.4, -0.2) is 37.2 Å². The fourth-order valence-corrected chi connectivity index (χ4v) is 4.04. The molecule has 0 aromatic rings. The van der Waals surface area contributed by atoms with Gasteiger partial charge in [-0.3, -0.25) is 0 Å². The summed E-state index contributed by atoms with van der Waals surface area (Å²) in [5, 5.41) is 0. The highest BCUT2D eigenvalue weighted by atomic mass is 16.5. The van der Waals surface area contributed by atoms with Crippen molar-refractivity contribution in [2.45, 2.75) is 71.8 Å². The Morgan fingerprint density at radius 2 is 1.89 bits per heavy atom. The predicted octanol–water partition coefficient (Wildman–Crippen LogP) is 4.09. The Labute approximate surface area is 119 Å². The van der Waals surface area contributed by atoms with Crippen molar-refractivity contribution < 1.29 is 4.74 Å². The molecule has 2 aliphatic rings. The first-order valence-corrected chi connectivity index (χ1v) is 8.47. The van der Waals surface area contributed by atoms with Crippen molar-refractivity contribution in [2.24, 2.45) is 11.3 Å². The van der Waals surface area contributed by atoms with E-state index in [-0.39, 0.29) is 0 Å². The molecule has 19 heavy (non-hydrogen) atoms. The quantitative estimate of drug-likeness (QED) is 0.644. The van der Waals surface area contributed by atoms with Crippen molar-refractivity contribution in [3.05, 3.63) is 0 Å². The second-order valence-corrected chi connectivity index (χ2v) is 7.18. The second kappa shape index (κ2) is 7.08. The molecular formula is C17H33NO. The van der Waals surface area contributed by atoms with Gasteiger partial charge in [-0.05, 0) is 89.8 Å². The van der Waals surface area contributed by atoms with Crippen molar-refractivity contribution in [3.8, 4) is 0 Å².